The van der Waals surface area contributed by atoms with Crippen LogP contribution in [0, 0.1) is 0 Å². The first-order valence-corrected chi connectivity index (χ1v) is 25.3. The van der Waals surface area contributed by atoms with Gasteiger partial charge in [0.1, 0.15) is 16.7 Å². The number of furan rings is 1. The summed E-state index contributed by atoms with van der Waals surface area (Å²) in [5.41, 5.74) is 24.5. The molecule has 11 aromatic rings. The summed E-state index contributed by atoms with van der Waals surface area (Å²) in [5.74, 6) is 0.627. The molecular weight excluding hydrogens is 854 g/mol. The number of hydrogen-bond acceptors (Lipinski definition) is 4. The van der Waals surface area contributed by atoms with Gasteiger partial charge in [-0.05, 0) is 140 Å². The molecule has 15 rings (SSSR count). The lowest BCUT2D eigenvalue weighted by Gasteiger charge is -2.43. The number of oxazole rings is 1. The minimum atomic E-state index is -0.247. The van der Waals surface area contributed by atoms with E-state index >= 15 is 0 Å². The first-order chi connectivity index (χ1) is 33.6. The van der Waals surface area contributed by atoms with E-state index in [1.54, 1.807) is 0 Å². The summed E-state index contributed by atoms with van der Waals surface area (Å²) in [5, 5.41) is 4.86. The predicted octanol–water partition coefficient (Wildman–Crippen LogP) is 15.7. The topological polar surface area (TPSA) is 47.3 Å². The van der Waals surface area contributed by atoms with Crippen molar-refractivity contribution in [1.82, 2.24) is 9.55 Å². The first-order valence-electron chi connectivity index (χ1n) is 25.3. The molecule has 5 nitrogen and oxygen atoms in total. The fraction of sp³-hybridized carbons (Fsp3) is 0.234. The quantitative estimate of drug-likeness (QED) is 0.162. The lowest BCUT2D eigenvalue weighted by Crippen LogP contribution is -2.60. The molecule has 0 N–H and O–H groups in total. The molecule has 2 aliphatic heterocycles. The zero-order valence-electron chi connectivity index (χ0n) is 41.4. The minimum absolute atomic E-state index is 0.00366. The van der Waals surface area contributed by atoms with Gasteiger partial charge in [0.05, 0.1) is 11.0 Å². The molecule has 0 bridgehead atoms. The van der Waals surface area contributed by atoms with E-state index in [2.05, 4.69) is 205 Å². The van der Waals surface area contributed by atoms with Crippen LogP contribution in [0.1, 0.15) is 103 Å². The second-order valence-corrected chi connectivity index (χ2v) is 23.8. The largest absolute Gasteiger partial charge is 0.455 e. The van der Waals surface area contributed by atoms with Crippen LogP contribution in [-0.4, -0.2) is 16.4 Å². The van der Waals surface area contributed by atoms with E-state index in [1.807, 2.05) is 6.07 Å². The smallest absolute Gasteiger partial charge is 0.333 e. The van der Waals surface area contributed by atoms with Crippen molar-refractivity contribution >= 4 is 84.0 Å². The normalized spacial score (nSPS) is 16.8. The highest BCUT2D eigenvalue weighted by Gasteiger charge is 2.49. The maximum atomic E-state index is 7.41. The second-order valence-electron chi connectivity index (χ2n) is 23.8. The summed E-state index contributed by atoms with van der Waals surface area (Å²) < 4.78 is 16.9. The highest BCUT2D eigenvalue weighted by Crippen LogP contribution is 2.57. The highest BCUT2D eigenvalue weighted by atomic mass is 16.3. The Labute approximate surface area is 408 Å². The van der Waals surface area contributed by atoms with Crippen molar-refractivity contribution in [3.05, 3.63) is 167 Å². The molecule has 2 aliphatic carbocycles. The van der Waals surface area contributed by atoms with Crippen LogP contribution in [0.25, 0.3) is 94.2 Å². The van der Waals surface area contributed by atoms with Crippen LogP contribution in [0.3, 0.4) is 0 Å². The zero-order valence-corrected chi connectivity index (χ0v) is 41.4. The maximum absolute atomic E-state index is 7.41. The molecule has 0 saturated carbocycles. The zero-order chi connectivity index (χ0) is 47.5. The van der Waals surface area contributed by atoms with Gasteiger partial charge in [-0.25, -0.2) is 4.98 Å². The van der Waals surface area contributed by atoms with Crippen molar-refractivity contribution in [2.45, 2.75) is 96.8 Å². The van der Waals surface area contributed by atoms with E-state index in [4.69, 9.17) is 13.8 Å². The average molecular weight is 908 g/mol. The Bertz CT molecular complexity index is 4140. The van der Waals surface area contributed by atoms with E-state index < -0.39 is 0 Å². The van der Waals surface area contributed by atoms with Gasteiger partial charge >= 0.3 is 6.85 Å². The van der Waals surface area contributed by atoms with E-state index in [-0.39, 0.29) is 28.5 Å². The monoisotopic (exact) mass is 907 g/mol. The van der Waals surface area contributed by atoms with Crippen LogP contribution >= 0.6 is 0 Å². The first kappa shape index (κ1) is 40.6. The van der Waals surface area contributed by atoms with Gasteiger partial charge in [-0.2, -0.15) is 0 Å². The number of para-hydroxylation sites is 1. The summed E-state index contributed by atoms with van der Waals surface area (Å²) in [7, 11) is 0. The van der Waals surface area contributed by atoms with Crippen LogP contribution in [0.5, 0.6) is 0 Å². The molecule has 70 heavy (non-hydrogen) atoms. The van der Waals surface area contributed by atoms with Crippen molar-refractivity contribution in [3.63, 3.8) is 0 Å². The van der Waals surface area contributed by atoms with Gasteiger partial charge < -0.3 is 18.2 Å². The van der Waals surface area contributed by atoms with Gasteiger partial charge in [0.15, 0.2) is 5.58 Å². The Morgan fingerprint density at radius 1 is 0.586 bits per heavy atom. The second kappa shape index (κ2) is 13.1. The third-order valence-electron chi connectivity index (χ3n) is 17.4. The SMILES string of the molecule is CC(C)(C)c1ccc(N2B3c4cc5nc(-c6ccccc6)oc5cc4-n4c5cc6c(cc5c5c7c(oc8ccccc87)c(c3c54)-c3cc4c(cc32)C(C)(C)c2ccccc2-4)C(C)(C)CCC6(C)C)cc1. The van der Waals surface area contributed by atoms with Crippen LogP contribution < -0.4 is 15.7 Å². The number of rotatable bonds is 2. The molecular formula is C64H54BN3O2. The summed E-state index contributed by atoms with van der Waals surface area (Å²) in [6, 6.07) is 52.4. The van der Waals surface area contributed by atoms with Crippen molar-refractivity contribution in [2.24, 2.45) is 0 Å². The molecule has 8 aromatic carbocycles. The molecule has 3 aromatic heterocycles. The van der Waals surface area contributed by atoms with Gasteiger partial charge in [-0.1, -0.05) is 135 Å². The molecule has 0 radical (unpaired) electrons. The van der Waals surface area contributed by atoms with Gasteiger partial charge in [0.25, 0.3) is 0 Å². The summed E-state index contributed by atoms with van der Waals surface area (Å²) in [6.45, 7) is 21.2. The van der Waals surface area contributed by atoms with E-state index in [1.165, 1.54) is 93.9 Å². The molecule has 0 atom stereocenters. The Morgan fingerprint density at radius 2 is 1.30 bits per heavy atom. The fourth-order valence-electron chi connectivity index (χ4n) is 13.6. The van der Waals surface area contributed by atoms with Crippen molar-refractivity contribution in [3.8, 4) is 39.4 Å². The third-order valence-corrected chi connectivity index (χ3v) is 17.4. The third kappa shape index (κ3) is 5.11. The molecule has 0 unspecified atom stereocenters. The van der Waals surface area contributed by atoms with Crippen molar-refractivity contribution in [1.29, 1.82) is 0 Å². The van der Waals surface area contributed by atoms with E-state index in [9.17, 15) is 0 Å². The van der Waals surface area contributed by atoms with Gasteiger partial charge in [0.2, 0.25) is 5.89 Å². The Kier molecular flexibility index (Phi) is 7.59. The number of hydrogen-bond donors (Lipinski definition) is 0. The fourth-order valence-corrected chi connectivity index (χ4v) is 13.6. The van der Waals surface area contributed by atoms with Crippen LogP contribution in [0.4, 0.5) is 11.4 Å². The minimum Gasteiger partial charge on any atom is -0.455 e. The number of nitrogens with zero attached hydrogens (tertiary/aromatic N) is 3. The van der Waals surface area contributed by atoms with Crippen LogP contribution in [0.15, 0.2) is 148 Å². The molecule has 4 aliphatic rings. The predicted molar refractivity (Wildman–Crippen MR) is 292 cm³/mol. The van der Waals surface area contributed by atoms with Gasteiger partial charge in [0, 0.05) is 66.8 Å². The number of aromatic nitrogens is 2. The molecule has 0 saturated heterocycles. The standard InChI is InChI=1S/C64H54BN3O2/c1-61(2,3)36-23-25-37(26-24-36)68-50-31-44-40(38-19-13-15-21-43(38)64(44,8)9)29-41(50)56-57-58-54(55-39-20-14-16-22-52(39)69-59(55)56)42-30-45-46(63(6,7)28-27-62(45,4)5)32-49(42)67(58)51-34-53-48(33-47(51)65(57)68)66-60(70-53)35-17-11-10-12-18-35/h10-26,29-34H,27-28H2,1-9H3. The number of fused-ring (bicyclic) bond motifs is 18. The van der Waals surface area contributed by atoms with Crippen LogP contribution in [-0.2, 0) is 21.7 Å². The summed E-state index contributed by atoms with van der Waals surface area (Å²) in [4.78, 5) is 7.95. The summed E-state index contributed by atoms with van der Waals surface area (Å²) in [6.07, 6.45) is 2.27. The van der Waals surface area contributed by atoms with Gasteiger partial charge in [-0.15, -0.1) is 0 Å². The van der Waals surface area contributed by atoms with Crippen molar-refractivity contribution < 1.29 is 8.83 Å². The Hall–Kier alpha value is -7.31. The molecule has 0 spiro atoms. The summed E-state index contributed by atoms with van der Waals surface area (Å²) >= 11 is 0. The highest BCUT2D eigenvalue weighted by molar-refractivity contribution is 6.94. The molecule has 5 heterocycles. The van der Waals surface area contributed by atoms with Crippen LogP contribution in [0.2, 0.25) is 0 Å². The molecule has 6 heteroatoms. The van der Waals surface area contributed by atoms with E-state index in [0.29, 0.717) is 5.89 Å². The molecule has 0 fully saturated rings. The Morgan fingerprint density at radius 3 is 2.07 bits per heavy atom. The van der Waals surface area contributed by atoms with Crippen molar-refractivity contribution in [2.75, 3.05) is 4.81 Å². The molecule has 0 amide bonds. The number of anilines is 2. The average Bonchev–Trinajstić information content (AvgIpc) is 4.10. The Balaban J connectivity index is 1.17. The number of benzene rings is 8. The maximum Gasteiger partial charge on any atom is 0.333 e. The molecule has 340 valence electrons. The van der Waals surface area contributed by atoms with Gasteiger partial charge in [-0.3, -0.25) is 0 Å². The lowest BCUT2D eigenvalue weighted by atomic mass is 9.43. The lowest BCUT2D eigenvalue weighted by molar-refractivity contribution is 0.332. The van der Waals surface area contributed by atoms with E-state index in [0.717, 1.165) is 57.4 Å².